The summed E-state index contributed by atoms with van der Waals surface area (Å²) in [5, 5.41) is 2.78. The Balaban J connectivity index is 1.54. The molecule has 0 saturated carbocycles. The van der Waals surface area contributed by atoms with E-state index in [1.54, 1.807) is 13.0 Å². The van der Waals surface area contributed by atoms with E-state index in [1.165, 1.54) is 19.0 Å². The van der Waals surface area contributed by atoms with Crippen molar-refractivity contribution in [1.29, 1.82) is 0 Å². The maximum atomic E-state index is 12.4. The molecule has 6 heteroatoms. The van der Waals surface area contributed by atoms with E-state index in [1.807, 2.05) is 24.3 Å². The molecule has 0 unspecified atom stereocenters. The van der Waals surface area contributed by atoms with E-state index in [0.29, 0.717) is 11.3 Å². The Hall–Kier alpha value is -3.15. The lowest BCUT2D eigenvalue weighted by Gasteiger charge is -2.11. The van der Waals surface area contributed by atoms with Crippen LogP contribution in [-0.4, -0.2) is 20.4 Å². The standard InChI is InChI=1S/C20H20N4O2/c1-13-9-10-21-19(25)18(13)20(26)22-15-7-5-14(6-8-15)16-12-24-11-3-2-4-17(24)23-16/h5-10,12H,2-4,11H2,1H3,(H,21,25)(H,22,26). The molecule has 0 aliphatic carbocycles. The molecule has 3 aromatic rings. The third-order valence-corrected chi connectivity index (χ3v) is 4.74. The minimum absolute atomic E-state index is 0.137. The van der Waals surface area contributed by atoms with Gasteiger partial charge in [0.1, 0.15) is 11.4 Å². The fraction of sp³-hybridized carbons (Fsp3) is 0.250. The number of fused-ring (bicyclic) bond motifs is 1. The van der Waals surface area contributed by atoms with E-state index < -0.39 is 5.91 Å². The summed E-state index contributed by atoms with van der Waals surface area (Å²) in [6, 6.07) is 9.24. The number of carbonyl (C=O) groups is 1. The zero-order chi connectivity index (χ0) is 18.1. The van der Waals surface area contributed by atoms with Crippen molar-refractivity contribution in [2.24, 2.45) is 0 Å². The highest BCUT2D eigenvalue weighted by atomic mass is 16.2. The molecule has 0 spiro atoms. The number of hydrogen-bond acceptors (Lipinski definition) is 3. The van der Waals surface area contributed by atoms with Crippen LogP contribution in [0.2, 0.25) is 0 Å². The summed E-state index contributed by atoms with van der Waals surface area (Å²) in [5.41, 5.74) is 3.01. The third kappa shape index (κ3) is 3.06. The number of aryl methyl sites for hydroxylation is 3. The van der Waals surface area contributed by atoms with E-state index in [-0.39, 0.29) is 11.1 Å². The molecule has 26 heavy (non-hydrogen) atoms. The van der Waals surface area contributed by atoms with Gasteiger partial charge in [-0.2, -0.15) is 0 Å². The van der Waals surface area contributed by atoms with E-state index in [9.17, 15) is 9.59 Å². The zero-order valence-corrected chi connectivity index (χ0v) is 14.6. The molecule has 0 fully saturated rings. The maximum absolute atomic E-state index is 12.4. The van der Waals surface area contributed by atoms with Crippen LogP contribution in [0.15, 0.2) is 47.5 Å². The number of pyridine rings is 1. The van der Waals surface area contributed by atoms with Crippen LogP contribution in [0.1, 0.15) is 34.6 Å². The quantitative estimate of drug-likeness (QED) is 0.763. The van der Waals surface area contributed by atoms with Crippen LogP contribution in [0, 0.1) is 6.92 Å². The van der Waals surface area contributed by atoms with Gasteiger partial charge in [0.2, 0.25) is 0 Å². The first kappa shape index (κ1) is 16.3. The lowest BCUT2D eigenvalue weighted by Crippen LogP contribution is -2.24. The van der Waals surface area contributed by atoms with Gasteiger partial charge in [-0.15, -0.1) is 0 Å². The van der Waals surface area contributed by atoms with Crippen LogP contribution < -0.4 is 10.9 Å². The molecule has 132 valence electrons. The summed E-state index contributed by atoms with van der Waals surface area (Å²) in [6.07, 6.45) is 7.05. The van der Waals surface area contributed by atoms with Crippen LogP contribution in [0.4, 0.5) is 5.69 Å². The van der Waals surface area contributed by atoms with Crippen molar-refractivity contribution in [3.8, 4) is 11.3 Å². The summed E-state index contributed by atoms with van der Waals surface area (Å²) >= 11 is 0. The van der Waals surface area contributed by atoms with E-state index in [0.717, 1.165) is 30.0 Å². The number of H-pyrrole nitrogens is 1. The Morgan fingerprint density at radius 3 is 2.73 bits per heavy atom. The zero-order valence-electron chi connectivity index (χ0n) is 14.6. The van der Waals surface area contributed by atoms with Gasteiger partial charge >= 0.3 is 0 Å². The summed E-state index contributed by atoms with van der Waals surface area (Å²) in [6.45, 7) is 2.77. The number of anilines is 1. The van der Waals surface area contributed by atoms with Crippen molar-refractivity contribution >= 4 is 11.6 Å². The highest BCUT2D eigenvalue weighted by molar-refractivity contribution is 6.05. The SMILES string of the molecule is Cc1cc[nH]c(=O)c1C(=O)Nc1ccc(-c2cn3c(n2)CCCC3)cc1. The van der Waals surface area contributed by atoms with Crippen LogP contribution in [0.3, 0.4) is 0 Å². The normalized spacial score (nSPS) is 13.3. The predicted molar refractivity (Wildman–Crippen MR) is 100 cm³/mol. The summed E-state index contributed by atoms with van der Waals surface area (Å²) < 4.78 is 2.22. The molecule has 6 nitrogen and oxygen atoms in total. The Labute approximate surface area is 150 Å². The first-order chi connectivity index (χ1) is 12.6. The number of hydrogen-bond donors (Lipinski definition) is 2. The van der Waals surface area contributed by atoms with Crippen molar-refractivity contribution in [1.82, 2.24) is 14.5 Å². The highest BCUT2D eigenvalue weighted by Crippen LogP contribution is 2.24. The Morgan fingerprint density at radius 2 is 2.00 bits per heavy atom. The number of aromatic amines is 1. The molecular weight excluding hydrogens is 328 g/mol. The topological polar surface area (TPSA) is 79.8 Å². The summed E-state index contributed by atoms with van der Waals surface area (Å²) in [5.74, 6) is 0.733. The van der Waals surface area contributed by atoms with Gasteiger partial charge in [0, 0.05) is 36.6 Å². The largest absolute Gasteiger partial charge is 0.334 e. The van der Waals surface area contributed by atoms with Gasteiger partial charge in [-0.25, -0.2) is 4.98 Å². The monoisotopic (exact) mass is 348 g/mol. The lowest BCUT2D eigenvalue weighted by atomic mass is 10.1. The van der Waals surface area contributed by atoms with Crippen molar-refractivity contribution in [2.45, 2.75) is 32.7 Å². The lowest BCUT2D eigenvalue weighted by molar-refractivity contribution is 0.102. The fourth-order valence-corrected chi connectivity index (χ4v) is 3.33. The Kier molecular flexibility index (Phi) is 4.16. The molecule has 4 rings (SSSR count). The predicted octanol–water partition coefficient (Wildman–Crippen LogP) is 3.14. The second-order valence-electron chi connectivity index (χ2n) is 6.59. The molecular formula is C20H20N4O2. The fourth-order valence-electron chi connectivity index (χ4n) is 3.33. The second-order valence-corrected chi connectivity index (χ2v) is 6.59. The summed E-state index contributed by atoms with van der Waals surface area (Å²) in [4.78, 5) is 31.5. The van der Waals surface area contributed by atoms with Crippen LogP contribution in [0.5, 0.6) is 0 Å². The van der Waals surface area contributed by atoms with Crippen molar-refractivity contribution < 1.29 is 4.79 Å². The molecule has 1 aromatic carbocycles. The number of nitrogens with one attached hydrogen (secondary N) is 2. The van der Waals surface area contributed by atoms with Gasteiger partial charge in [-0.1, -0.05) is 12.1 Å². The Morgan fingerprint density at radius 1 is 1.19 bits per heavy atom. The first-order valence-electron chi connectivity index (χ1n) is 8.78. The average molecular weight is 348 g/mol. The van der Waals surface area contributed by atoms with Gasteiger partial charge < -0.3 is 14.9 Å². The second kappa shape index (κ2) is 6.63. The van der Waals surface area contributed by atoms with E-state index in [2.05, 4.69) is 21.1 Å². The maximum Gasteiger partial charge on any atom is 0.261 e. The number of amides is 1. The minimum Gasteiger partial charge on any atom is -0.334 e. The van der Waals surface area contributed by atoms with Gasteiger partial charge in [-0.3, -0.25) is 9.59 Å². The molecule has 1 aliphatic heterocycles. The van der Waals surface area contributed by atoms with Crippen LogP contribution in [-0.2, 0) is 13.0 Å². The summed E-state index contributed by atoms with van der Waals surface area (Å²) in [7, 11) is 0. The van der Waals surface area contributed by atoms with E-state index >= 15 is 0 Å². The number of benzene rings is 1. The number of nitrogens with zero attached hydrogens (tertiary/aromatic N) is 2. The molecule has 0 saturated heterocycles. The molecule has 0 atom stereocenters. The minimum atomic E-state index is -0.408. The molecule has 3 heterocycles. The number of imidazole rings is 1. The third-order valence-electron chi connectivity index (χ3n) is 4.74. The van der Waals surface area contributed by atoms with E-state index in [4.69, 9.17) is 4.98 Å². The molecule has 0 bridgehead atoms. The molecule has 2 aromatic heterocycles. The molecule has 0 radical (unpaired) electrons. The first-order valence-corrected chi connectivity index (χ1v) is 8.78. The molecule has 2 N–H and O–H groups in total. The van der Waals surface area contributed by atoms with Gasteiger partial charge in [0.25, 0.3) is 11.5 Å². The number of aromatic nitrogens is 3. The van der Waals surface area contributed by atoms with Gasteiger partial charge in [0.05, 0.1) is 5.69 Å². The number of rotatable bonds is 3. The van der Waals surface area contributed by atoms with Gasteiger partial charge in [-0.05, 0) is 43.5 Å². The molecule has 1 aliphatic rings. The number of carbonyl (C=O) groups excluding carboxylic acids is 1. The van der Waals surface area contributed by atoms with Crippen molar-refractivity contribution in [2.75, 3.05) is 5.32 Å². The molecule has 1 amide bonds. The van der Waals surface area contributed by atoms with Gasteiger partial charge in [0.15, 0.2) is 0 Å². The van der Waals surface area contributed by atoms with Crippen LogP contribution in [0.25, 0.3) is 11.3 Å². The Bertz CT molecular complexity index is 992. The average Bonchev–Trinajstić information content (AvgIpc) is 3.06. The van der Waals surface area contributed by atoms with Crippen molar-refractivity contribution in [3.05, 3.63) is 70.0 Å². The highest BCUT2D eigenvalue weighted by Gasteiger charge is 2.15. The van der Waals surface area contributed by atoms with Crippen LogP contribution >= 0.6 is 0 Å². The van der Waals surface area contributed by atoms with Crippen molar-refractivity contribution in [3.63, 3.8) is 0 Å². The smallest absolute Gasteiger partial charge is 0.261 e.